The van der Waals surface area contributed by atoms with Crippen LogP contribution in [-0.2, 0) is 4.74 Å². The molecule has 1 aromatic heterocycles. The van der Waals surface area contributed by atoms with E-state index in [2.05, 4.69) is 15.6 Å². The van der Waals surface area contributed by atoms with Gasteiger partial charge < -0.3 is 24.9 Å². The van der Waals surface area contributed by atoms with Gasteiger partial charge in [-0.15, -0.1) is 24.0 Å². The van der Waals surface area contributed by atoms with Gasteiger partial charge in [0.25, 0.3) is 0 Å². The number of aliphatic hydroxyl groups is 1. The van der Waals surface area contributed by atoms with Crippen LogP contribution in [0.25, 0.3) is 0 Å². The van der Waals surface area contributed by atoms with Crippen molar-refractivity contribution >= 4 is 29.9 Å². The van der Waals surface area contributed by atoms with Gasteiger partial charge in [0.2, 0.25) is 0 Å². The van der Waals surface area contributed by atoms with E-state index in [1.54, 1.807) is 0 Å². The third-order valence-electron chi connectivity index (χ3n) is 3.71. The number of hydrogen-bond donors (Lipinski definition) is 3. The average Bonchev–Trinajstić information content (AvgIpc) is 3.24. The van der Waals surface area contributed by atoms with Crippen LogP contribution in [0.15, 0.2) is 21.5 Å². The Hall–Kier alpha value is -0.800. The highest BCUT2D eigenvalue weighted by molar-refractivity contribution is 14.0. The number of nitrogens with zero attached hydrogens (tertiary/aromatic N) is 1. The van der Waals surface area contributed by atoms with Crippen molar-refractivity contribution in [3.8, 4) is 0 Å². The SMILES string of the molecule is CCNC(=NCC(O)COCC1CC1)NC(C)c1ccc(C)o1.I. The zero-order valence-electron chi connectivity index (χ0n) is 14.7. The molecule has 1 aromatic rings. The lowest BCUT2D eigenvalue weighted by Gasteiger charge is -2.17. The van der Waals surface area contributed by atoms with Gasteiger partial charge in [0.1, 0.15) is 11.5 Å². The van der Waals surface area contributed by atoms with E-state index >= 15 is 0 Å². The maximum atomic E-state index is 9.95. The molecule has 0 spiro atoms. The van der Waals surface area contributed by atoms with Crippen molar-refractivity contribution in [2.24, 2.45) is 10.9 Å². The zero-order chi connectivity index (χ0) is 16.7. The number of aryl methyl sites for hydroxylation is 1. The monoisotopic (exact) mass is 451 g/mol. The summed E-state index contributed by atoms with van der Waals surface area (Å²) in [6.45, 7) is 8.11. The molecule has 0 radical (unpaired) electrons. The highest BCUT2D eigenvalue weighted by Gasteiger charge is 2.21. The number of nitrogens with one attached hydrogen (secondary N) is 2. The van der Waals surface area contributed by atoms with Gasteiger partial charge in [0, 0.05) is 13.2 Å². The highest BCUT2D eigenvalue weighted by atomic mass is 127. The normalized spacial score (nSPS) is 17.1. The number of aliphatic hydroxyl groups excluding tert-OH is 1. The zero-order valence-corrected chi connectivity index (χ0v) is 17.1. The molecule has 7 heteroatoms. The molecule has 2 atom stereocenters. The lowest BCUT2D eigenvalue weighted by Crippen LogP contribution is -2.39. The standard InChI is InChI=1S/C17H29N3O3.HI/c1-4-18-17(20-13(3)16-8-5-12(2)23-16)19-9-15(21)11-22-10-14-6-7-14;/h5,8,13-15,21H,4,6-7,9-11H2,1-3H3,(H2,18,19,20);1H. The van der Waals surface area contributed by atoms with Crippen LogP contribution in [0.4, 0.5) is 0 Å². The average molecular weight is 451 g/mol. The number of ether oxygens (including phenoxy) is 1. The van der Waals surface area contributed by atoms with Crippen molar-refractivity contribution in [3.05, 3.63) is 23.7 Å². The number of aliphatic imine (C=N–C) groups is 1. The Labute approximate surface area is 161 Å². The molecular weight excluding hydrogens is 421 g/mol. The van der Waals surface area contributed by atoms with Gasteiger partial charge in [-0.05, 0) is 51.7 Å². The summed E-state index contributed by atoms with van der Waals surface area (Å²) in [5, 5.41) is 16.4. The first-order valence-electron chi connectivity index (χ1n) is 8.45. The first kappa shape index (κ1) is 21.2. The van der Waals surface area contributed by atoms with Crippen LogP contribution in [0.5, 0.6) is 0 Å². The van der Waals surface area contributed by atoms with Crippen molar-refractivity contribution in [3.63, 3.8) is 0 Å². The molecule has 1 heterocycles. The molecule has 2 rings (SSSR count). The molecule has 1 aliphatic carbocycles. The van der Waals surface area contributed by atoms with Crippen molar-refractivity contribution < 1.29 is 14.3 Å². The van der Waals surface area contributed by atoms with E-state index in [0.29, 0.717) is 25.0 Å². The van der Waals surface area contributed by atoms with Gasteiger partial charge >= 0.3 is 0 Å². The summed E-state index contributed by atoms with van der Waals surface area (Å²) in [5.41, 5.74) is 0. The van der Waals surface area contributed by atoms with E-state index in [1.165, 1.54) is 12.8 Å². The Balaban J connectivity index is 0.00000288. The largest absolute Gasteiger partial charge is 0.464 e. The van der Waals surface area contributed by atoms with E-state index in [1.807, 2.05) is 32.9 Å². The second kappa shape index (κ2) is 10.9. The lowest BCUT2D eigenvalue weighted by atomic mass is 10.2. The number of guanidine groups is 1. The molecule has 3 N–H and O–H groups in total. The van der Waals surface area contributed by atoms with Gasteiger partial charge in [0.15, 0.2) is 5.96 Å². The topological polar surface area (TPSA) is 79.0 Å². The summed E-state index contributed by atoms with van der Waals surface area (Å²) in [6.07, 6.45) is 1.94. The van der Waals surface area contributed by atoms with Crippen LogP contribution in [0, 0.1) is 12.8 Å². The van der Waals surface area contributed by atoms with Crippen molar-refractivity contribution in [2.45, 2.75) is 45.8 Å². The van der Waals surface area contributed by atoms with Crippen molar-refractivity contribution in [2.75, 3.05) is 26.3 Å². The fraction of sp³-hybridized carbons (Fsp3) is 0.706. The van der Waals surface area contributed by atoms with E-state index in [4.69, 9.17) is 9.15 Å². The molecular formula is C17H30IN3O3. The summed E-state index contributed by atoms with van der Waals surface area (Å²) < 4.78 is 11.1. The summed E-state index contributed by atoms with van der Waals surface area (Å²) >= 11 is 0. The Kier molecular flexibility index (Phi) is 9.68. The van der Waals surface area contributed by atoms with Gasteiger partial charge in [-0.1, -0.05) is 0 Å². The summed E-state index contributed by atoms with van der Waals surface area (Å²) in [5.74, 6) is 3.12. The Morgan fingerprint density at radius 1 is 1.46 bits per heavy atom. The highest BCUT2D eigenvalue weighted by Crippen LogP contribution is 2.28. The minimum Gasteiger partial charge on any atom is -0.464 e. The molecule has 0 amide bonds. The smallest absolute Gasteiger partial charge is 0.191 e. The maximum Gasteiger partial charge on any atom is 0.191 e. The van der Waals surface area contributed by atoms with E-state index in [-0.39, 0.29) is 30.0 Å². The second-order valence-electron chi connectivity index (χ2n) is 6.17. The van der Waals surface area contributed by atoms with E-state index in [0.717, 1.165) is 24.7 Å². The molecule has 0 bridgehead atoms. The fourth-order valence-electron chi connectivity index (χ4n) is 2.19. The molecule has 0 aromatic carbocycles. The van der Waals surface area contributed by atoms with Crippen molar-refractivity contribution in [1.82, 2.24) is 10.6 Å². The molecule has 0 saturated heterocycles. The lowest BCUT2D eigenvalue weighted by molar-refractivity contribution is 0.0368. The minimum atomic E-state index is -0.578. The summed E-state index contributed by atoms with van der Waals surface area (Å²) in [6, 6.07) is 3.90. The molecule has 1 fully saturated rings. The van der Waals surface area contributed by atoms with Crippen LogP contribution in [-0.4, -0.2) is 43.5 Å². The molecule has 24 heavy (non-hydrogen) atoms. The first-order valence-corrected chi connectivity index (χ1v) is 8.45. The minimum absolute atomic E-state index is 0. The van der Waals surface area contributed by atoms with E-state index < -0.39 is 6.10 Å². The summed E-state index contributed by atoms with van der Waals surface area (Å²) in [4.78, 5) is 4.42. The Morgan fingerprint density at radius 3 is 2.79 bits per heavy atom. The third kappa shape index (κ3) is 7.85. The molecule has 1 saturated carbocycles. The molecule has 0 aliphatic heterocycles. The van der Waals surface area contributed by atoms with Gasteiger partial charge in [0.05, 0.1) is 25.3 Å². The Bertz CT molecular complexity index is 503. The molecule has 2 unspecified atom stereocenters. The van der Waals surface area contributed by atoms with Crippen LogP contribution in [0.2, 0.25) is 0 Å². The quantitative estimate of drug-likeness (QED) is 0.306. The third-order valence-corrected chi connectivity index (χ3v) is 3.71. The van der Waals surface area contributed by atoms with Gasteiger partial charge in [-0.3, -0.25) is 4.99 Å². The molecule has 6 nitrogen and oxygen atoms in total. The molecule has 1 aliphatic rings. The van der Waals surface area contributed by atoms with Crippen molar-refractivity contribution in [1.29, 1.82) is 0 Å². The Morgan fingerprint density at radius 2 is 2.21 bits per heavy atom. The van der Waals surface area contributed by atoms with Crippen LogP contribution < -0.4 is 10.6 Å². The van der Waals surface area contributed by atoms with Crippen LogP contribution >= 0.6 is 24.0 Å². The number of furan rings is 1. The van der Waals surface area contributed by atoms with Crippen LogP contribution in [0.1, 0.15) is 44.3 Å². The van der Waals surface area contributed by atoms with Gasteiger partial charge in [-0.2, -0.15) is 0 Å². The van der Waals surface area contributed by atoms with Gasteiger partial charge in [-0.25, -0.2) is 0 Å². The second-order valence-corrected chi connectivity index (χ2v) is 6.17. The number of halogens is 1. The first-order chi connectivity index (χ1) is 11.1. The maximum absolute atomic E-state index is 9.95. The van der Waals surface area contributed by atoms with E-state index in [9.17, 15) is 5.11 Å². The fourth-order valence-corrected chi connectivity index (χ4v) is 2.19. The number of hydrogen-bond acceptors (Lipinski definition) is 4. The number of rotatable bonds is 9. The van der Waals surface area contributed by atoms with Crippen LogP contribution in [0.3, 0.4) is 0 Å². The predicted octanol–water partition coefficient (Wildman–Crippen LogP) is 2.61. The summed E-state index contributed by atoms with van der Waals surface area (Å²) in [7, 11) is 0. The molecule has 138 valence electrons. The predicted molar refractivity (Wildman–Crippen MR) is 106 cm³/mol.